The van der Waals surface area contributed by atoms with Crippen LogP contribution >= 0.6 is 23.4 Å². The smallest absolute Gasteiger partial charge is 0.321 e. The van der Waals surface area contributed by atoms with Crippen LogP contribution in [-0.2, 0) is 4.79 Å². The summed E-state index contributed by atoms with van der Waals surface area (Å²) in [5, 5.41) is 5.44. The molecule has 19 heavy (non-hydrogen) atoms. The monoisotopic (exact) mass is 299 g/mol. The van der Waals surface area contributed by atoms with Gasteiger partial charge in [-0.3, -0.25) is 10.1 Å². The Bertz CT molecular complexity index is 485. The molecule has 1 aliphatic carbocycles. The van der Waals surface area contributed by atoms with E-state index in [4.69, 9.17) is 17.3 Å². The predicted molar refractivity (Wildman–Crippen MR) is 76.3 cm³/mol. The van der Waals surface area contributed by atoms with Crippen LogP contribution in [0.3, 0.4) is 0 Å². The lowest BCUT2D eigenvalue weighted by Crippen LogP contribution is -2.41. The number of hydrogen-bond acceptors (Lipinski definition) is 4. The van der Waals surface area contributed by atoms with Crippen LogP contribution in [0.15, 0.2) is 23.1 Å². The molecule has 1 aliphatic rings. The molecular formula is C12H14ClN3O2S. The van der Waals surface area contributed by atoms with Crippen molar-refractivity contribution in [2.24, 2.45) is 0 Å². The van der Waals surface area contributed by atoms with Gasteiger partial charge in [0.2, 0.25) is 5.91 Å². The van der Waals surface area contributed by atoms with Gasteiger partial charge in [0.15, 0.2) is 0 Å². The van der Waals surface area contributed by atoms with Crippen LogP contribution in [0.2, 0.25) is 5.02 Å². The highest BCUT2D eigenvalue weighted by atomic mass is 35.5. The molecule has 3 amide bonds. The minimum atomic E-state index is -0.444. The Kier molecular flexibility index (Phi) is 4.55. The summed E-state index contributed by atoms with van der Waals surface area (Å²) in [5.41, 5.74) is 6.29. The molecule has 0 heterocycles. The fourth-order valence-corrected chi connectivity index (χ4v) is 2.56. The standard InChI is InChI=1S/C12H14ClN3O2S/c13-8-2-1-3-9(14)11(8)19-6-10(17)16-12(18)15-7-4-5-7/h1-3,7H,4-6,14H2,(H2,15,16,17,18). The van der Waals surface area contributed by atoms with Crippen molar-refractivity contribution in [1.29, 1.82) is 0 Å². The van der Waals surface area contributed by atoms with Crippen LogP contribution < -0.4 is 16.4 Å². The van der Waals surface area contributed by atoms with Crippen LogP contribution in [0.1, 0.15) is 12.8 Å². The summed E-state index contributed by atoms with van der Waals surface area (Å²) in [6.45, 7) is 0. The van der Waals surface area contributed by atoms with Gasteiger partial charge >= 0.3 is 6.03 Å². The molecule has 0 spiro atoms. The molecule has 4 N–H and O–H groups in total. The number of hydrogen-bond donors (Lipinski definition) is 3. The Labute approximate surface area is 120 Å². The Morgan fingerprint density at radius 3 is 2.79 bits per heavy atom. The predicted octanol–water partition coefficient (Wildman–Crippen LogP) is 2.00. The second-order valence-corrected chi connectivity index (χ2v) is 5.64. The van der Waals surface area contributed by atoms with Gasteiger partial charge in [0.1, 0.15) is 0 Å². The number of thioether (sulfide) groups is 1. The number of nitrogens with one attached hydrogen (secondary N) is 2. The molecule has 0 atom stereocenters. The van der Waals surface area contributed by atoms with E-state index in [1.54, 1.807) is 18.2 Å². The highest BCUT2D eigenvalue weighted by molar-refractivity contribution is 8.00. The number of nitrogen functional groups attached to an aromatic ring is 1. The molecule has 102 valence electrons. The SMILES string of the molecule is Nc1cccc(Cl)c1SCC(=O)NC(=O)NC1CC1. The van der Waals surface area contributed by atoms with Crippen molar-refractivity contribution in [3.63, 3.8) is 0 Å². The number of anilines is 1. The maximum absolute atomic E-state index is 11.6. The van der Waals surface area contributed by atoms with Crippen molar-refractivity contribution < 1.29 is 9.59 Å². The zero-order chi connectivity index (χ0) is 13.8. The van der Waals surface area contributed by atoms with Crippen LogP contribution in [-0.4, -0.2) is 23.7 Å². The Morgan fingerprint density at radius 1 is 1.42 bits per heavy atom. The van der Waals surface area contributed by atoms with Crippen LogP contribution in [0.25, 0.3) is 0 Å². The molecule has 0 saturated heterocycles. The first-order valence-corrected chi connectivity index (χ1v) is 7.20. The molecule has 0 aromatic heterocycles. The molecule has 1 fully saturated rings. The Morgan fingerprint density at radius 2 is 2.16 bits per heavy atom. The summed E-state index contributed by atoms with van der Waals surface area (Å²) in [7, 11) is 0. The fraction of sp³-hybridized carbons (Fsp3) is 0.333. The molecule has 0 aliphatic heterocycles. The summed E-state index contributed by atoms with van der Waals surface area (Å²) < 4.78 is 0. The molecular weight excluding hydrogens is 286 g/mol. The summed E-state index contributed by atoms with van der Waals surface area (Å²) in [6.07, 6.45) is 1.96. The first kappa shape index (κ1) is 14.0. The topological polar surface area (TPSA) is 84.2 Å². The molecule has 1 aromatic carbocycles. The van der Waals surface area contributed by atoms with E-state index in [9.17, 15) is 9.59 Å². The van der Waals surface area contributed by atoms with Crippen molar-refractivity contribution in [1.82, 2.24) is 10.6 Å². The largest absolute Gasteiger partial charge is 0.398 e. The van der Waals surface area contributed by atoms with Crippen molar-refractivity contribution in [3.8, 4) is 0 Å². The third-order valence-electron chi connectivity index (χ3n) is 2.51. The molecule has 1 saturated carbocycles. The van der Waals surface area contributed by atoms with Crippen LogP contribution in [0.4, 0.5) is 10.5 Å². The zero-order valence-electron chi connectivity index (χ0n) is 10.1. The number of imide groups is 1. The number of carbonyl (C=O) groups excluding carboxylic acids is 2. The lowest BCUT2D eigenvalue weighted by atomic mass is 10.3. The normalized spacial score (nSPS) is 13.9. The van der Waals surface area contributed by atoms with Gasteiger partial charge in [0.05, 0.1) is 10.8 Å². The third-order valence-corrected chi connectivity index (χ3v) is 4.09. The lowest BCUT2D eigenvalue weighted by Gasteiger charge is -2.08. The van der Waals surface area contributed by atoms with Gasteiger partial charge in [0.25, 0.3) is 0 Å². The molecule has 0 radical (unpaired) electrons. The summed E-state index contributed by atoms with van der Waals surface area (Å²) in [4.78, 5) is 23.6. The van der Waals surface area contributed by atoms with Crippen molar-refractivity contribution in [2.75, 3.05) is 11.5 Å². The molecule has 1 aromatic rings. The highest BCUT2D eigenvalue weighted by Crippen LogP contribution is 2.32. The number of amides is 3. The number of carbonyl (C=O) groups is 2. The van der Waals surface area contributed by atoms with Gasteiger partial charge in [-0.25, -0.2) is 4.79 Å². The highest BCUT2D eigenvalue weighted by Gasteiger charge is 2.23. The Balaban J connectivity index is 1.80. The lowest BCUT2D eigenvalue weighted by molar-refractivity contribution is -0.117. The molecule has 0 unspecified atom stereocenters. The molecule has 7 heteroatoms. The van der Waals surface area contributed by atoms with Crippen molar-refractivity contribution in [2.45, 2.75) is 23.8 Å². The van der Waals surface area contributed by atoms with E-state index < -0.39 is 6.03 Å². The first-order chi connectivity index (χ1) is 9.06. The van der Waals surface area contributed by atoms with Crippen molar-refractivity contribution in [3.05, 3.63) is 23.2 Å². The van der Waals surface area contributed by atoms with E-state index in [1.807, 2.05) is 0 Å². The molecule has 5 nitrogen and oxygen atoms in total. The minimum absolute atomic E-state index is 0.0893. The van der Waals surface area contributed by atoms with Gasteiger partial charge in [0, 0.05) is 16.6 Å². The van der Waals surface area contributed by atoms with Crippen LogP contribution in [0.5, 0.6) is 0 Å². The molecule has 0 bridgehead atoms. The third kappa shape index (κ3) is 4.33. The number of halogens is 1. The van der Waals surface area contributed by atoms with E-state index in [-0.39, 0.29) is 17.7 Å². The summed E-state index contributed by atoms with van der Waals surface area (Å²) in [6, 6.07) is 4.94. The quantitative estimate of drug-likeness (QED) is 0.586. The van der Waals surface area contributed by atoms with Gasteiger partial charge < -0.3 is 11.1 Å². The van der Waals surface area contributed by atoms with Gasteiger partial charge in [-0.1, -0.05) is 17.7 Å². The average Bonchev–Trinajstić information content (AvgIpc) is 3.12. The van der Waals surface area contributed by atoms with E-state index in [1.165, 1.54) is 11.8 Å². The van der Waals surface area contributed by atoms with Gasteiger partial charge in [-0.2, -0.15) is 0 Å². The van der Waals surface area contributed by atoms with Gasteiger partial charge in [-0.15, -0.1) is 11.8 Å². The van der Waals surface area contributed by atoms with E-state index in [0.717, 1.165) is 12.8 Å². The van der Waals surface area contributed by atoms with E-state index >= 15 is 0 Å². The zero-order valence-corrected chi connectivity index (χ0v) is 11.7. The summed E-state index contributed by atoms with van der Waals surface area (Å²) >= 11 is 7.19. The number of rotatable bonds is 4. The average molecular weight is 300 g/mol. The van der Waals surface area contributed by atoms with E-state index in [0.29, 0.717) is 15.6 Å². The Hall–Kier alpha value is -1.40. The maximum atomic E-state index is 11.6. The summed E-state index contributed by atoms with van der Waals surface area (Å²) in [5.74, 6) is -0.283. The van der Waals surface area contributed by atoms with Crippen LogP contribution in [0, 0.1) is 0 Å². The molecule has 2 rings (SSSR count). The first-order valence-electron chi connectivity index (χ1n) is 5.83. The second kappa shape index (κ2) is 6.16. The minimum Gasteiger partial charge on any atom is -0.398 e. The fourth-order valence-electron chi connectivity index (χ4n) is 1.43. The second-order valence-electron chi connectivity index (χ2n) is 4.24. The van der Waals surface area contributed by atoms with Gasteiger partial charge in [-0.05, 0) is 25.0 Å². The number of urea groups is 1. The number of benzene rings is 1. The van der Waals surface area contributed by atoms with E-state index in [2.05, 4.69) is 10.6 Å². The number of nitrogens with two attached hydrogens (primary N) is 1. The van der Waals surface area contributed by atoms with Crippen molar-refractivity contribution >= 4 is 41.0 Å². The maximum Gasteiger partial charge on any atom is 0.321 e.